The fourth-order valence-corrected chi connectivity index (χ4v) is 5.04. The van der Waals surface area contributed by atoms with Gasteiger partial charge in [-0.25, -0.2) is 5.01 Å². The number of nitrogens with one attached hydrogen (secondary N) is 2. The Bertz CT molecular complexity index is 851. The summed E-state index contributed by atoms with van der Waals surface area (Å²) >= 11 is 7.63. The Hall–Kier alpha value is -1.90. The number of fused-ring (bicyclic) bond motifs is 1. The van der Waals surface area contributed by atoms with Gasteiger partial charge >= 0.3 is 0 Å². The van der Waals surface area contributed by atoms with Crippen LogP contribution in [-0.4, -0.2) is 42.7 Å². The van der Waals surface area contributed by atoms with Crippen molar-refractivity contribution in [2.45, 2.75) is 36.6 Å². The van der Waals surface area contributed by atoms with Crippen molar-refractivity contribution < 1.29 is 19.1 Å². The van der Waals surface area contributed by atoms with Gasteiger partial charge in [0.15, 0.2) is 0 Å². The zero-order valence-electron chi connectivity index (χ0n) is 15.1. The highest BCUT2D eigenvalue weighted by Gasteiger charge is 2.49. The van der Waals surface area contributed by atoms with Crippen LogP contribution >= 0.6 is 23.4 Å². The molecule has 3 aliphatic heterocycles. The topological polar surface area (TPSA) is 79.9 Å². The van der Waals surface area contributed by atoms with E-state index in [0.29, 0.717) is 48.2 Å². The van der Waals surface area contributed by atoms with Crippen LogP contribution in [0, 0.1) is 0 Å². The Morgan fingerprint density at radius 3 is 2.81 bits per heavy atom. The van der Waals surface area contributed by atoms with E-state index in [1.54, 1.807) is 7.11 Å². The zero-order valence-corrected chi connectivity index (χ0v) is 16.6. The Labute approximate surface area is 166 Å². The number of benzene rings is 1. The Morgan fingerprint density at radius 2 is 2.15 bits per heavy atom. The lowest BCUT2D eigenvalue weighted by Gasteiger charge is -2.49. The van der Waals surface area contributed by atoms with E-state index in [9.17, 15) is 9.59 Å². The van der Waals surface area contributed by atoms with E-state index in [4.69, 9.17) is 21.1 Å². The minimum Gasteiger partial charge on any atom is -0.495 e. The molecule has 1 aromatic carbocycles. The number of amides is 2. The fraction of sp³-hybridized carbons (Fsp3) is 0.444. The molecule has 0 atom stereocenters. The molecule has 1 spiro atoms. The van der Waals surface area contributed by atoms with Gasteiger partial charge < -0.3 is 14.8 Å². The van der Waals surface area contributed by atoms with Gasteiger partial charge in [-0.05, 0) is 25.0 Å². The minimum atomic E-state index is -0.485. The van der Waals surface area contributed by atoms with Gasteiger partial charge in [0, 0.05) is 37.2 Å². The summed E-state index contributed by atoms with van der Waals surface area (Å²) in [5.74, 6) is 0.0861. The molecule has 2 amide bonds. The molecule has 7 nitrogen and oxygen atoms in total. The van der Waals surface area contributed by atoms with Crippen molar-refractivity contribution in [3.05, 3.63) is 27.8 Å². The number of thioether (sulfide) groups is 1. The highest BCUT2D eigenvalue weighted by Crippen LogP contribution is 2.50. The second-order valence-corrected chi connectivity index (χ2v) is 8.30. The summed E-state index contributed by atoms with van der Waals surface area (Å²) in [7, 11) is 1.55. The lowest BCUT2D eigenvalue weighted by Crippen LogP contribution is -2.64. The van der Waals surface area contributed by atoms with Crippen LogP contribution in [0.1, 0.15) is 26.2 Å². The van der Waals surface area contributed by atoms with Crippen LogP contribution in [0.15, 0.2) is 27.6 Å². The number of rotatable bonds is 2. The first-order chi connectivity index (χ1) is 12.9. The molecular formula is C18H20ClN3O4S. The van der Waals surface area contributed by atoms with Crippen molar-refractivity contribution in [3.8, 4) is 5.75 Å². The van der Waals surface area contributed by atoms with Gasteiger partial charge in [0.05, 0.1) is 28.3 Å². The van der Waals surface area contributed by atoms with E-state index in [1.165, 1.54) is 23.7 Å². The number of ether oxygens (including phenoxy) is 2. The maximum absolute atomic E-state index is 13.3. The lowest BCUT2D eigenvalue weighted by atomic mass is 9.82. The second kappa shape index (κ2) is 6.92. The lowest BCUT2D eigenvalue weighted by molar-refractivity contribution is -0.152. The van der Waals surface area contributed by atoms with E-state index >= 15 is 0 Å². The van der Waals surface area contributed by atoms with Crippen molar-refractivity contribution >= 4 is 40.9 Å². The molecule has 2 N–H and O–H groups in total. The quantitative estimate of drug-likeness (QED) is 0.781. The SMILES string of the molecule is COc1cc2c(cc1Cl)NC1=C(S2)C(=O)N(NC(C)=O)C2(CCOCC2)C1. The molecule has 4 rings (SSSR count). The van der Waals surface area contributed by atoms with Crippen LogP contribution in [0.5, 0.6) is 5.75 Å². The van der Waals surface area contributed by atoms with Crippen molar-refractivity contribution in [2.75, 3.05) is 25.6 Å². The number of hydrogen-bond acceptors (Lipinski definition) is 6. The van der Waals surface area contributed by atoms with Crippen molar-refractivity contribution in [1.82, 2.24) is 10.4 Å². The highest BCUT2D eigenvalue weighted by molar-refractivity contribution is 8.04. The second-order valence-electron chi connectivity index (χ2n) is 6.84. The summed E-state index contributed by atoms with van der Waals surface area (Å²) in [5.41, 5.74) is 3.98. The Kier molecular flexibility index (Phi) is 4.73. The van der Waals surface area contributed by atoms with Gasteiger partial charge in [-0.1, -0.05) is 23.4 Å². The standard InChI is InChI=1S/C18H20ClN3O4S/c1-10(23)21-22-17(24)16-13(9-18(22)3-5-26-6-4-18)20-12-7-11(19)14(25-2)8-15(12)27-16/h7-8,20H,3-6,9H2,1-2H3,(H,21,23). The first-order valence-electron chi connectivity index (χ1n) is 8.68. The molecule has 3 heterocycles. The Balaban J connectivity index is 1.73. The van der Waals surface area contributed by atoms with Crippen LogP contribution in [0.3, 0.4) is 0 Å². The molecule has 0 aromatic heterocycles. The summed E-state index contributed by atoms with van der Waals surface area (Å²) in [6.45, 7) is 2.52. The number of carbonyl (C=O) groups excluding carboxylic acids is 2. The van der Waals surface area contributed by atoms with Gasteiger partial charge in [-0.2, -0.15) is 0 Å². The van der Waals surface area contributed by atoms with E-state index in [-0.39, 0.29) is 11.8 Å². The molecule has 3 aliphatic rings. The molecule has 1 saturated heterocycles. The molecule has 1 fully saturated rings. The molecule has 0 aliphatic carbocycles. The maximum Gasteiger partial charge on any atom is 0.281 e. The number of carbonyl (C=O) groups is 2. The number of hydrazine groups is 1. The van der Waals surface area contributed by atoms with Gasteiger partial charge in [0.25, 0.3) is 5.91 Å². The van der Waals surface area contributed by atoms with Gasteiger partial charge in [0.1, 0.15) is 5.75 Å². The van der Waals surface area contributed by atoms with Crippen LogP contribution < -0.4 is 15.5 Å². The van der Waals surface area contributed by atoms with Crippen molar-refractivity contribution in [2.24, 2.45) is 0 Å². The van der Waals surface area contributed by atoms with E-state index in [1.807, 2.05) is 12.1 Å². The summed E-state index contributed by atoms with van der Waals surface area (Å²) < 4.78 is 10.8. The van der Waals surface area contributed by atoms with Crippen LogP contribution in [-0.2, 0) is 14.3 Å². The van der Waals surface area contributed by atoms with Crippen molar-refractivity contribution in [3.63, 3.8) is 0 Å². The van der Waals surface area contributed by atoms with Gasteiger partial charge in [0.2, 0.25) is 5.91 Å². The normalized spacial score (nSPS) is 20.7. The van der Waals surface area contributed by atoms with Crippen molar-refractivity contribution in [1.29, 1.82) is 0 Å². The zero-order chi connectivity index (χ0) is 19.2. The molecule has 0 radical (unpaired) electrons. The fourth-order valence-electron chi connectivity index (χ4n) is 3.77. The number of anilines is 1. The van der Waals surface area contributed by atoms with E-state index in [0.717, 1.165) is 16.3 Å². The summed E-state index contributed by atoms with van der Waals surface area (Å²) in [5, 5.41) is 5.41. The molecular weight excluding hydrogens is 390 g/mol. The van der Waals surface area contributed by atoms with Crippen LogP contribution in [0.25, 0.3) is 0 Å². The molecule has 9 heteroatoms. The number of nitrogens with zero attached hydrogens (tertiary/aromatic N) is 1. The van der Waals surface area contributed by atoms with Crippen LogP contribution in [0.2, 0.25) is 5.02 Å². The predicted molar refractivity (Wildman–Crippen MR) is 103 cm³/mol. The summed E-state index contributed by atoms with van der Waals surface area (Å²) in [6, 6.07) is 3.63. The third-order valence-corrected chi connectivity index (χ3v) is 6.57. The van der Waals surface area contributed by atoms with E-state index in [2.05, 4.69) is 10.7 Å². The molecule has 0 bridgehead atoms. The summed E-state index contributed by atoms with van der Waals surface area (Å²) in [4.78, 5) is 26.5. The molecule has 27 heavy (non-hydrogen) atoms. The first kappa shape index (κ1) is 18.5. The number of methoxy groups -OCH3 is 1. The maximum atomic E-state index is 13.3. The largest absolute Gasteiger partial charge is 0.495 e. The predicted octanol–water partition coefficient (Wildman–Crippen LogP) is 2.91. The Morgan fingerprint density at radius 1 is 1.41 bits per heavy atom. The molecule has 144 valence electrons. The number of halogens is 1. The van der Waals surface area contributed by atoms with E-state index < -0.39 is 5.54 Å². The molecule has 0 unspecified atom stereocenters. The number of hydrogen-bond donors (Lipinski definition) is 2. The average molecular weight is 410 g/mol. The molecule has 1 aromatic rings. The van der Waals surface area contributed by atoms with Gasteiger partial charge in [-0.3, -0.25) is 15.0 Å². The monoisotopic (exact) mass is 409 g/mol. The highest BCUT2D eigenvalue weighted by atomic mass is 35.5. The van der Waals surface area contributed by atoms with Gasteiger partial charge in [-0.15, -0.1) is 0 Å². The first-order valence-corrected chi connectivity index (χ1v) is 9.88. The summed E-state index contributed by atoms with van der Waals surface area (Å²) in [6.07, 6.45) is 1.95. The molecule has 0 saturated carbocycles. The minimum absolute atomic E-state index is 0.203. The average Bonchev–Trinajstić information content (AvgIpc) is 2.64. The third kappa shape index (κ3) is 3.15. The smallest absolute Gasteiger partial charge is 0.281 e. The van der Waals surface area contributed by atoms with Crippen LogP contribution in [0.4, 0.5) is 5.69 Å². The third-order valence-electron chi connectivity index (χ3n) is 5.10.